The van der Waals surface area contributed by atoms with E-state index >= 15 is 0 Å². The third kappa shape index (κ3) is 4.15. The second-order valence-electron chi connectivity index (χ2n) is 6.21. The number of hydrogen-bond donors (Lipinski definition) is 2. The van der Waals surface area contributed by atoms with E-state index in [0.29, 0.717) is 25.2 Å². The van der Waals surface area contributed by atoms with Gasteiger partial charge in [0.15, 0.2) is 0 Å². The molecule has 6 heteroatoms. The van der Waals surface area contributed by atoms with Crippen LogP contribution in [0.3, 0.4) is 0 Å². The first-order valence-corrected chi connectivity index (χ1v) is 8.14. The quantitative estimate of drug-likeness (QED) is 0.862. The topological polar surface area (TPSA) is 78.3 Å². The van der Waals surface area contributed by atoms with Crippen LogP contribution in [0.15, 0.2) is 42.7 Å². The van der Waals surface area contributed by atoms with Crippen LogP contribution in [0.4, 0.5) is 0 Å². The molecule has 1 fully saturated rings. The SMILES string of the molecule is Cc1cnc(C(=O)NCC2CC(O)CN2Cc2ccccc2)cn1. The van der Waals surface area contributed by atoms with Gasteiger partial charge in [-0.15, -0.1) is 0 Å². The summed E-state index contributed by atoms with van der Waals surface area (Å²) >= 11 is 0. The lowest BCUT2D eigenvalue weighted by atomic mass is 10.1. The van der Waals surface area contributed by atoms with Crippen LogP contribution in [0.1, 0.15) is 28.2 Å². The number of amides is 1. The van der Waals surface area contributed by atoms with Gasteiger partial charge >= 0.3 is 0 Å². The number of carbonyl (C=O) groups excluding carboxylic acids is 1. The number of nitrogens with one attached hydrogen (secondary N) is 1. The van der Waals surface area contributed by atoms with Gasteiger partial charge in [-0.05, 0) is 18.9 Å². The van der Waals surface area contributed by atoms with Crippen molar-refractivity contribution in [2.75, 3.05) is 13.1 Å². The van der Waals surface area contributed by atoms with Crippen molar-refractivity contribution in [2.24, 2.45) is 0 Å². The third-order valence-corrected chi connectivity index (χ3v) is 4.25. The molecule has 24 heavy (non-hydrogen) atoms. The molecule has 2 N–H and O–H groups in total. The van der Waals surface area contributed by atoms with Crippen LogP contribution in [-0.4, -0.2) is 51.1 Å². The van der Waals surface area contributed by atoms with Gasteiger partial charge in [-0.1, -0.05) is 30.3 Å². The Morgan fingerprint density at radius 1 is 1.29 bits per heavy atom. The lowest BCUT2D eigenvalue weighted by Gasteiger charge is -2.24. The highest BCUT2D eigenvalue weighted by molar-refractivity contribution is 5.91. The van der Waals surface area contributed by atoms with Crippen LogP contribution in [0.2, 0.25) is 0 Å². The summed E-state index contributed by atoms with van der Waals surface area (Å²) in [7, 11) is 0. The van der Waals surface area contributed by atoms with Crippen LogP contribution in [-0.2, 0) is 6.54 Å². The van der Waals surface area contributed by atoms with Crippen molar-refractivity contribution in [1.29, 1.82) is 0 Å². The van der Waals surface area contributed by atoms with Crippen molar-refractivity contribution in [1.82, 2.24) is 20.2 Å². The fraction of sp³-hybridized carbons (Fsp3) is 0.389. The van der Waals surface area contributed by atoms with Crippen molar-refractivity contribution in [2.45, 2.75) is 32.0 Å². The number of benzene rings is 1. The molecule has 1 aliphatic heterocycles. The van der Waals surface area contributed by atoms with E-state index in [0.717, 1.165) is 12.2 Å². The first-order valence-electron chi connectivity index (χ1n) is 8.14. The third-order valence-electron chi connectivity index (χ3n) is 4.25. The van der Waals surface area contributed by atoms with E-state index < -0.39 is 0 Å². The van der Waals surface area contributed by atoms with E-state index in [1.54, 1.807) is 6.20 Å². The average molecular weight is 326 g/mol. The summed E-state index contributed by atoms with van der Waals surface area (Å²) in [6.45, 7) is 3.71. The Bertz CT molecular complexity index is 675. The molecule has 6 nitrogen and oxygen atoms in total. The van der Waals surface area contributed by atoms with Gasteiger partial charge in [0.25, 0.3) is 5.91 Å². The van der Waals surface area contributed by atoms with Crippen LogP contribution in [0.5, 0.6) is 0 Å². The van der Waals surface area contributed by atoms with Gasteiger partial charge in [-0.25, -0.2) is 4.98 Å². The minimum atomic E-state index is -0.352. The number of aryl methyl sites for hydroxylation is 1. The number of aliphatic hydroxyl groups is 1. The average Bonchev–Trinajstić information content (AvgIpc) is 2.93. The first kappa shape index (κ1) is 16.5. The fourth-order valence-corrected chi connectivity index (χ4v) is 2.99. The lowest BCUT2D eigenvalue weighted by molar-refractivity contribution is 0.0934. The number of rotatable bonds is 5. The highest BCUT2D eigenvalue weighted by Crippen LogP contribution is 2.20. The predicted molar refractivity (Wildman–Crippen MR) is 90.4 cm³/mol. The maximum Gasteiger partial charge on any atom is 0.271 e. The molecule has 2 unspecified atom stereocenters. The Morgan fingerprint density at radius 2 is 2.08 bits per heavy atom. The van der Waals surface area contributed by atoms with E-state index in [4.69, 9.17) is 0 Å². The van der Waals surface area contributed by atoms with E-state index in [1.165, 1.54) is 11.8 Å². The molecule has 3 rings (SSSR count). The molecule has 1 aromatic heterocycles. The second-order valence-corrected chi connectivity index (χ2v) is 6.21. The van der Waals surface area contributed by atoms with Crippen molar-refractivity contribution in [3.05, 3.63) is 59.7 Å². The van der Waals surface area contributed by atoms with Gasteiger partial charge in [0, 0.05) is 31.9 Å². The smallest absolute Gasteiger partial charge is 0.271 e. The minimum absolute atomic E-state index is 0.113. The zero-order chi connectivity index (χ0) is 16.9. The molecule has 0 saturated carbocycles. The molecule has 1 aromatic carbocycles. The molecular formula is C18H22N4O2. The number of hydrogen-bond acceptors (Lipinski definition) is 5. The molecule has 2 atom stereocenters. The van der Waals surface area contributed by atoms with Crippen molar-refractivity contribution >= 4 is 5.91 Å². The van der Waals surface area contributed by atoms with Crippen LogP contribution >= 0.6 is 0 Å². The van der Waals surface area contributed by atoms with E-state index in [1.807, 2.05) is 25.1 Å². The van der Waals surface area contributed by atoms with Crippen LogP contribution in [0.25, 0.3) is 0 Å². The summed E-state index contributed by atoms with van der Waals surface area (Å²) in [5, 5.41) is 12.9. The molecule has 2 aromatic rings. The predicted octanol–water partition coefficient (Wildman–Crippen LogP) is 1.15. The van der Waals surface area contributed by atoms with Gasteiger partial charge in [0.05, 0.1) is 18.0 Å². The zero-order valence-corrected chi connectivity index (χ0v) is 13.7. The van der Waals surface area contributed by atoms with Gasteiger partial charge in [-0.2, -0.15) is 0 Å². The normalized spacial score (nSPS) is 20.9. The lowest BCUT2D eigenvalue weighted by Crippen LogP contribution is -2.40. The van der Waals surface area contributed by atoms with E-state index in [-0.39, 0.29) is 18.1 Å². The Kier molecular flexibility index (Phi) is 5.17. The van der Waals surface area contributed by atoms with Crippen molar-refractivity contribution in [3.8, 4) is 0 Å². The molecular weight excluding hydrogens is 304 g/mol. The van der Waals surface area contributed by atoms with E-state index in [2.05, 4.69) is 32.3 Å². The molecule has 2 heterocycles. The highest BCUT2D eigenvalue weighted by Gasteiger charge is 2.31. The Labute approximate surface area is 141 Å². The second kappa shape index (κ2) is 7.51. The van der Waals surface area contributed by atoms with E-state index in [9.17, 15) is 9.90 Å². The molecule has 1 amide bonds. The Hall–Kier alpha value is -2.31. The summed E-state index contributed by atoms with van der Waals surface area (Å²) in [6.07, 6.45) is 3.37. The summed E-state index contributed by atoms with van der Waals surface area (Å²) in [4.78, 5) is 22.6. The minimum Gasteiger partial charge on any atom is -0.392 e. The number of aromatic nitrogens is 2. The summed E-state index contributed by atoms with van der Waals surface area (Å²) in [5.41, 5.74) is 2.29. The van der Waals surface area contributed by atoms with Crippen LogP contribution < -0.4 is 5.32 Å². The van der Waals surface area contributed by atoms with Gasteiger partial charge in [-0.3, -0.25) is 14.7 Å². The summed E-state index contributed by atoms with van der Waals surface area (Å²) in [5.74, 6) is -0.233. The maximum atomic E-state index is 12.2. The fourth-order valence-electron chi connectivity index (χ4n) is 2.99. The zero-order valence-electron chi connectivity index (χ0n) is 13.7. The number of carbonyl (C=O) groups is 1. The van der Waals surface area contributed by atoms with Gasteiger partial charge in [0.2, 0.25) is 0 Å². The van der Waals surface area contributed by atoms with Gasteiger partial charge in [0.1, 0.15) is 5.69 Å². The van der Waals surface area contributed by atoms with Gasteiger partial charge < -0.3 is 10.4 Å². The molecule has 0 spiro atoms. The Balaban J connectivity index is 1.58. The monoisotopic (exact) mass is 326 g/mol. The molecule has 0 bridgehead atoms. The summed E-state index contributed by atoms with van der Waals surface area (Å²) in [6, 6.07) is 10.3. The van der Waals surface area contributed by atoms with Crippen molar-refractivity contribution in [3.63, 3.8) is 0 Å². The number of nitrogens with zero attached hydrogens (tertiary/aromatic N) is 3. The first-order chi connectivity index (χ1) is 11.6. The Morgan fingerprint density at radius 3 is 2.79 bits per heavy atom. The largest absolute Gasteiger partial charge is 0.392 e. The molecule has 1 saturated heterocycles. The number of likely N-dealkylation sites (tertiary alicyclic amines) is 1. The number of aliphatic hydroxyl groups excluding tert-OH is 1. The molecule has 0 radical (unpaired) electrons. The summed E-state index contributed by atoms with van der Waals surface area (Å²) < 4.78 is 0. The van der Waals surface area contributed by atoms with Crippen LogP contribution in [0, 0.1) is 6.92 Å². The molecule has 0 aliphatic carbocycles. The standard InChI is InChI=1S/C18H22N4O2/c1-13-8-20-17(10-19-13)18(24)21-9-15-7-16(23)12-22(15)11-14-5-3-2-4-6-14/h2-6,8,10,15-16,23H,7,9,11-12H2,1H3,(H,21,24). The highest BCUT2D eigenvalue weighted by atomic mass is 16.3. The maximum absolute atomic E-state index is 12.2. The molecule has 126 valence electrons. The van der Waals surface area contributed by atoms with Crippen molar-refractivity contribution < 1.29 is 9.90 Å². The molecule has 1 aliphatic rings. The number of β-amino-alcohol motifs (C(OH)–C–C–N with tert-alkyl or cyclic N) is 1.